The number of thioether (sulfide) groups is 1. The Morgan fingerprint density at radius 2 is 1.50 bits per heavy atom. The molecule has 142 valence electrons. The molecule has 3 rings (SSSR count). The molecule has 0 aliphatic rings. The molecule has 3 aromatic carbocycles. The van der Waals surface area contributed by atoms with Crippen LogP contribution in [0.5, 0.6) is 17.2 Å². The first-order valence-electron chi connectivity index (χ1n) is 8.35. The summed E-state index contributed by atoms with van der Waals surface area (Å²) >= 11 is 7.12. The zero-order valence-corrected chi connectivity index (χ0v) is 16.5. The van der Waals surface area contributed by atoms with Gasteiger partial charge in [-0.2, -0.15) is 0 Å². The van der Waals surface area contributed by atoms with Gasteiger partial charge in [0.2, 0.25) is 0 Å². The molecular weight excluding hydrogens is 396 g/mol. The van der Waals surface area contributed by atoms with Crippen LogP contribution in [-0.4, -0.2) is 21.1 Å². The molecule has 0 aliphatic heterocycles. The maximum absolute atomic E-state index is 13.1. The van der Waals surface area contributed by atoms with Gasteiger partial charge in [0.1, 0.15) is 17.2 Å². The summed E-state index contributed by atoms with van der Waals surface area (Å²) in [5, 5.41) is 30.2. The number of allylic oxidation sites excluding steroid dienone is 1. The summed E-state index contributed by atoms with van der Waals surface area (Å²) in [7, 11) is 0. The number of carbonyl (C=O) groups is 1. The number of phenols is 3. The van der Waals surface area contributed by atoms with Gasteiger partial charge >= 0.3 is 0 Å². The molecule has 6 heteroatoms. The fourth-order valence-corrected chi connectivity index (χ4v) is 3.55. The lowest BCUT2D eigenvalue weighted by Crippen LogP contribution is -2.01. The Kier molecular flexibility index (Phi) is 5.97. The number of aromatic hydroxyl groups is 3. The van der Waals surface area contributed by atoms with Gasteiger partial charge in [0, 0.05) is 27.6 Å². The van der Waals surface area contributed by atoms with E-state index in [4.69, 9.17) is 11.6 Å². The Hall–Kier alpha value is -2.89. The van der Waals surface area contributed by atoms with Crippen molar-refractivity contribution in [3.05, 3.63) is 87.3 Å². The normalized spacial score (nSPS) is 11.4. The van der Waals surface area contributed by atoms with Crippen LogP contribution in [-0.2, 0) is 0 Å². The highest BCUT2D eigenvalue weighted by atomic mass is 35.5. The molecule has 0 atom stereocenters. The predicted molar refractivity (Wildman–Crippen MR) is 112 cm³/mol. The Labute approximate surface area is 171 Å². The molecule has 28 heavy (non-hydrogen) atoms. The third kappa shape index (κ3) is 4.68. The quantitative estimate of drug-likeness (QED) is 0.281. The molecule has 0 aromatic heterocycles. The van der Waals surface area contributed by atoms with Crippen molar-refractivity contribution in [3.8, 4) is 17.2 Å². The van der Waals surface area contributed by atoms with Gasteiger partial charge < -0.3 is 15.3 Å². The van der Waals surface area contributed by atoms with Crippen molar-refractivity contribution in [3.63, 3.8) is 0 Å². The molecule has 0 amide bonds. The lowest BCUT2D eigenvalue weighted by atomic mass is 10.1. The molecule has 0 saturated heterocycles. The van der Waals surface area contributed by atoms with Gasteiger partial charge in [0.25, 0.3) is 0 Å². The molecule has 0 spiro atoms. The molecule has 0 heterocycles. The number of aryl methyl sites for hydroxylation is 1. The van der Waals surface area contributed by atoms with Gasteiger partial charge in [0.05, 0.1) is 10.5 Å². The Balaban J connectivity index is 2.07. The first-order chi connectivity index (χ1) is 13.3. The van der Waals surface area contributed by atoms with E-state index < -0.39 is 0 Å². The van der Waals surface area contributed by atoms with Gasteiger partial charge in [-0.3, -0.25) is 4.79 Å². The number of hydrogen-bond acceptors (Lipinski definition) is 5. The summed E-state index contributed by atoms with van der Waals surface area (Å²) < 4.78 is 0. The topological polar surface area (TPSA) is 77.8 Å². The van der Waals surface area contributed by atoms with Gasteiger partial charge in [-0.1, -0.05) is 41.1 Å². The number of benzene rings is 3. The molecule has 0 radical (unpaired) electrons. The predicted octanol–water partition coefficient (Wildman–Crippen LogP) is 5.78. The lowest BCUT2D eigenvalue weighted by Gasteiger charge is -2.10. The third-order valence-electron chi connectivity index (χ3n) is 3.98. The van der Waals surface area contributed by atoms with Crippen LogP contribution in [0.4, 0.5) is 0 Å². The Morgan fingerprint density at radius 1 is 0.929 bits per heavy atom. The molecule has 0 fully saturated rings. The average Bonchev–Trinajstić information content (AvgIpc) is 2.65. The van der Waals surface area contributed by atoms with Crippen LogP contribution in [0, 0.1) is 6.92 Å². The van der Waals surface area contributed by atoms with E-state index in [1.54, 1.807) is 24.3 Å². The fraction of sp³-hybridized carbons (Fsp3) is 0.0455. The Bertz CT molecular complexity index is 1020. The smallest absolute Gasteiger partial charge is 0.199 e. The van der Waals surface area contributed by atoms with Gasteiger partial charge in [-0.25, -0.2) is 0 Å². The molecule has 3 N–H and O–H groups in total. The third-order valence-corrected chi connectivity index (χ3v) is 5.26. The van der Waals surface area contributed by atoms with Crippen molar-refractivity contribution in [2.75, 3.05) is 0 Å². The maximum Gasteiger partial charge on any atom is 0.199 e. The summed E-state index contributed by atoms with van der Waals surface area (Å²) in [6.45, 7) is 1.97. The lowest BCUT2D eigenvalue weighted by molar-refractivity contribution is 0.104. The molecule has 0 unspecified atom stereocenters. The first kappa shape index (κ1) is 19.9. The van der Waals surface area contributed by atoms with E-state index in [2.05, 4.69) is 0 Å². The number of halogens is 1. The van der Waals surface area contributed by atoms with Crippen molar-refractivity contribution in [1.82, 2.24) is 0 Å². The maximum atomic E-state index is 13.1. The van der Waals surface area contributed by atoms with Crippen molar-refractivity contribution in [2.24, 2.45) is 0 Å². The summed E-state index contributed by atoms with van der Waals surface area (Å²) in [5.41, 5.74) is 1.57. The van der Waals surface area contributed by atoms with E-state index in [1.807, 2.05) is 31.2 Å². The minimum absolute atomic E-state index is 0.0507. The minimum atomic E-state index is -0.330. The summed E-state index contributed by atoms with van der Waals surface area (Å²) in [4.78, 5) is 14.2. The zero-order chi connectivity index (χ0) is 20.3. The van der Waals surface area contributed by atoms with Crippen LogP contribution in [0.2, 0.25) is 5.02 Å². The summed E-state index contributed by atoms with van der Waals surface area (Å²) in [5.74, 6) is -1.22. The Morgan fingerprint density at radius 3 is 2.07 bits per heavy atom. The fourth-order valence-electron chi connectivity index (χ4n) is 2.51. The number of carbonyl (C=O) groups excluding carboxylic acids is 1. The molecule has 4 nitrogen and oxygen atoms in total. The molecule has 0 saturated carbocycles. The van der Waals surface area contributed by atoms with E-state index in [9.17, 15) is 20.1 Å². The molecule has 0 bridgehead atoms. The van der Waals surface area contributed by atoms with Crippen molar-refractivity contribution >= 4 is 35.2 Å². The van der Waals surface area contributed by atoms with Gasteiger partial charge in [-0.15, -0.1) is 0 Å². The van der Waals surface area contributed by atoms with E-state index in [0.29, 0.717) is 15.5 Å². The second-order valence-electron chi connectivity index (χ2n) is 6.16. The highest BCUT2D eigenvalue weighted by Gasteiger charge is 2.17. The number of ketones is 1. The number of rotatable bonds is 5. The van der Waals surface area contributed by atoms with Crippen molar-refractivity contribution < 1.29 is 20.1 Å². The van der Waals surface area contributed by atoms with E-state index in [-0.39, 0.29) is 28.6 Å². The SMILES string of the molecule is Cc1ccc(S/C(=C/c2c(O)cc(O)cc2O)C(=O)c2ccc(Cl)cc2)cc1. The van der Waals surface area contributed by atoms with Crippen LogP contribution in [0.3, 0.4) is 0 Å². The van der Waals surface area contributed by atoms with Crippen LogP contribution in [0.25, 0.3) is 6.08 Å². The van der Waals surface area contributed by atoms with Crippen LogP contribution in [0.15, 0.2) is 70.5 Å². The summed E-state index contributed by atoms with van der Waals surface area (Å²) in [6.07, 6.45) is 1.41. The minimum Gasteiger partial charge on any atom is -0.508 e. The molecular formula is C22H17ClO4S. The highest BCUT2D eigenvalue weighted by Crippen LogP contribution is 2.38. The highest BCUT2D eigenvalue weighted by molar-refractivity contribution is 8.04. The van der Waals surface area contributed by atoms with E-state index in [0.717, 1.165) is 22.6 Å². The monoisotopic (exact) mass is 412 g/mol. The van der Waals surface area contributed by atoms with Crippen molar-refractivity contribution in [1.29, 1.82) is 0 Å². The average molecular weight is 413 g/mol. The number of hydrogen-bond donors (Lipinski definition) is 3. The van der Waals surface area contributed by atoms with Gasteiger partial charge in [0.15, 0.2) is 5.78 Å². The largest absolute Gasteiger partial charge is 0.508 e. The van der Waals surface area contributed by atoms with Crippen molar-refractivity contribution in [2.45, 2.75) is 11.8 Å². The summed E-state index contributed by atoms with van der Waals surface area (Å²) in [6, 6.07) is 16.3. The number of Topliss-reactive ketones (excluding diaryl/α,β-unsaturated/α-hetero) is 1. The van der Waals surface area contributed by atoms with E-state index in [1.165, 1.54) is 17.8 Å². The molecule has 3 aromatic rings. The number of phenolic OH excluding ortho intramolecular Hbond substituents is 3. The zero-order valence-electron chi connectivity index (χ0n) is 14.9. The van der Waals surface area contributed by atoms with Crippen LogP contribution >= 0.6 is 23.4 Å². The second-order valence-corrected chi connectivity index (χ2v) is 7.71. The van der Waals surface area contributed by atoms with Crippen LogP contribution < -0.4 is 0 Å². The van der Waals surface area contributed by atoms with Gasteiger partial charge in [-0.05, 0) is 49.4 Å². The standard InChI is InChI=1S/C22H17ClO4S/c1-13-2-8-17(9-3-13)28-21(22(27)14-4-6-15(23)7-5-14)12-18-19(25)10-16(24)11-20(18)26/h2-12,24-26H,1H3/b21-12+. The first-order valence-corrected chi connectivity index (χ1v) is 9.54. The molecule has 0 aliphatic carbocycles. The van der Waals surface area contributed by atoms with Crippen LogP contribution in [0.1, 0.15) is 21.5 Å². The van der Waals surface area contributed by atoms with E-state index >= 15 is 0 Å². The second kappa shape index (κ2) is 8.42.